The third kappa shape index (κ3) is 4.85. The van der Waals surface area contributed by atoms with Gasteiger partial charge in [0.25, 0.3) is 0 Å². The molecule has 0 bridgehead atoms. The van der Waals surface area contributed by atoms with Gasteiger partial charge in [0.1, 0.15) is 11.4 Å². The van der Waals surface area contributed by atoms with Crippen LogP contribution in [-0.2, 0) is 11.2 Å². The molecule has 0 radical (unpaired) electrons. The zero-order valence-corrected chi connectivity index (χ0v) is 18.5. The predicted molar refractivity (Wildman–Crippen MR) is 130 cm³/mol. The highest BCUT2D eigenvalue weighted by atomic mass is 16.5. The molecule has 0 fully saturated rings. The van der Waals surface area contributed by atoms with E-state index in [4.69, 9.17) is 9.26 Å². The number of benzene rings is 3. The highest BCUT2D eigenvalue weighted by molar-refractivity contribution is 5.99. The van der Waals surface area contributed by atoms with Crippen molar-refractivity contribution in [3.8, 4) is 5.75 Å². The maximum atomic E-state index is 13.4. The normalized spacial score (nSPS) is 11.7. The quantitative estimate of drug-likeness (QED) is 0.432. The van der Waals surface area contributed by atoms with Gasteiger partial charge < -0.3 is 14.6 Å². The molecule has 6 heteroatoms. The standard InChI is InChI=1S/C27H24N2O4/c1-4-25-24-16-20(11-14-22(24)27(31)33-29-25)28-26(30)23(15-18-7-5-17(2)6-8-18)19-9-12-21(32-3)13-10-19/h4-14,16,23H,1,15H2,2-3H3,(H,28,30). The summed E-state index contributed by atoms with van der Waals surface area (Å²) < 4.78 is 10.1. The first-order chi connectivity index (χ1) is 16.0. The number of carbonyl (C=O) groups is 1. The summed E-state index contributed by atoms with van der Waals surface area (Å²) in [5, 5.41) is 7.72. The molecule has 166 valence electrons. The van der Waals surface area contributed by atoms with E-state index in [0.717, 1.165) is 22.4 Å². The summed E-state index contributed by atoms with van der Waals surface area (Å²) in [6, 6.07) is 20.7. The molecule has 4 rings (SSSR count). The lowest BCUT2D eigenvalue weighted by atomic mass is 9.90. The largest absolute Gasteiger partial charge is 0.497 e. The lowest BCUT2D eigenvalue weighted by Crippen LogP contribution is -2.23. The molecule has 6 nitrogen and oxygen atoms in total. The Kier molecular flexibility index (Phi) is 6.36. The van der Waals surface area contributed by atoms with E-state index < -0.39 is 11.5 Å². The van der Waals surface area contributed by atoms with Crippen molar-refractivity contribution in [2.75, 3.05) is 12.4 Å². The van der Waals surface area contributed by atoms with Crippen LogP contribution in [0.4, 0.5) is 5.69 Å². The van der Waals surface area contributed by atoms with Crippen molar-refractivity contribution < 1.29 is 14.1 Å². The van der Waals surface area contributed by atoms with Crippen LogP contribution in [-0.4, -0.2) is 18.2 Å². The molecule has 3 aromatic carbocycles. The van der Waals surface area contributed by atoms with Gasteiger partial charge in [-0.15, -0.1) is 0 Å². The summed E-state index contributed by atoms with van der Waals surface area (Å²) in [6.45, 7) is 5.75. The third-order valence-electron chi connectivity index (χ3n) is 5.60. The van der Waals surface area contributed by atoms with Gasteiger partial charge in [-0.1, -0.05) is 53.7 Å². The molecule has 0 aliphatic carbocycles. The monoisotopic (exact) mass is 440 g/mol. The fourth-order valence-corrected chi connectivity index (χ4v) is 3.74. The molecular formula is C27H24N2O4. The van der Waals surface area contributed by atoms with Crippen molar-refractivity contribution in [2.24, 2.45) is 0 Å². The molecule has 4 aromatic rings. The number of ether oxygens (including phenoxy) is 1. The number of hydrogen-bond acceptors (Lipinski definition) is 5. The van der Waals surface area contributed by atoms with E-state index in [9.17, 15) is 9.59 Å². The van der Waals surface area contributed by atoms with Crippen LogP contribution >= 0.6 is 0 Å². The number of nitrogens with zero attached hydrogens (tertiary/aromatic N) is 1. The molecule has 1 heterocycles. The molecule has 0 aliphatic heterocycles. The fraction of sp³-hybridized carbons (Fsp3) is 0.148. The van der Waals surface area contributed by atoms with Crippen molar-refractivity contribution in [2.45, 2.75) is 19.3 Å². The number of anilines is 1. The molecule has 0 spiro atoms. The number of carbonyl (C=O) groups excluding carboxylic acids is 1. The number of nitrogens with one attached hydrogen (secondary N) is 1. The number of aryl methyl sites for hydroxylation is 1. The molecule has 0 saturated carbocycles. The van der Waals surface area contributed by atoms with Gasteiger partial charge in [-0.05, 0) is 60.9 Å². The molecular weight excluding hydrogens is 416 g/mol. The molecule has 0 aliphatic rings. The molecule has 0 saturated heterocycles. The van der Waals surface area contributed by atoms with Crippen LogP contribution in [0.5, 0.6) is 5.75 Å². The molecule has 1 amide bonds. The van der Waals surface area contributed by atoms with Crippen molar-refractivity contribution in [3.05, 3.63) is 106 Å². The Morgan fingerprint density at radius 2 is 1.82 bits per heavy atom. The zero-order valence-electron chi connectivity index (χ0n) is 18.5. The average Bonchev–Trinajstić information content (AvgIpc) is 2.84. The molecule has 1 unspecified atom stereocenters. The smallest absolute Gasteiger partial charge is 0.366 e. The van der Waals surface area contributed by atoms with Gasteiger partial charge in [-0.3, -0.25) is 4.79 Å². The number of fused-ring (bicyclic) bond motifs is 1. The topological polar surface area (TPSA) is 81.4 Å². The number of amides is 1. The van der Waals surface area contributed by atoms with E-state index in [2.05, 4.69) is 17.1 Å². The Balaban J connectivity index is 1.67. The minimum Gasteiger partial charge on any atom is -0.497 e. The van der Waals surface area contributed by atoms with Gasteiger partial charge in [0.2, 0.25) is 5.91 Å². The molecule has 1 N–H and O–H groups in total. The zero-order chi connectivity index (χ0) is 23.4. The van der Waals surface area contributed by atoms with Crippen molar-refractivity contribution in [3.63, 3.8) is 0 Å². The minimum atomic E-state index is -0.538. The van der Waals surface area contributed by atoms with Gasteiger partial charge in [-0.25, -0.2) is 4.79 Å². The predicted octanol–water partition coefficient (Wildman–Crippen LogP) is 5.11. The highest BCUT2D eigenvalue weighted by Gasteiger charge is 2.22. The second-order valence-corrected chi connectivity index (χ2v) is 7.82. The van der Waals surface area contributed by atoms with Gasteiger partial charge in [-0.2, -0.15) is 0 Å². The van der Waals surface area contributed by atoms with Crippen LogP contribution in [0.1, 0.15) is 28.3 Å². The first kappa shape index (κ1) is 22.0. The SMILES string of the molecule is C=Cc1noc(=O)c2ccc(NC(=O)C(Cc3ccc(C)cc3)c3ccc(OC)cc3)cc12. The van der Waals surface area contributed by atoms with E-state index >= 15 is 0 Å². The summed E-state index contributed by atoms with van der Waals surface area (Å²) in [6.07, 6.45) is 2.05. The second-order valence-electron chi connectivity index (χ2n) is 7.82. The number of hydrogen-bond donors (Lipinski definition) is 1. The first-order valence-corrected chi connectivity index (χ1v) is 10.5. The van der Waals surface area contributed by atoms with Crippen LogP contribution in [0.25, 0.3) is 16.8 Å². The number of aromatic nitrogens is 1. The summed E-state index contributed by atoms with van der Waals surface area (Å²) >= 11 is 0. The first-order valence-electron chi connectivity index (χ1n) is 10.5. The Hall–Kier alpha value is -4.19. The Morgan fingerprint density at radius 3 is 2.48 bits per heavy atom. The van der Waals surface area contributed by atoms with Crippen molar-refractivity contribution >= 4 is 28.4 Å². The average molecular weight is 440 g/mol. The number of rotatable bonds is 7. The fourth-order valence-electron chi connectivity index (χ4n) is 3.74. The lowest BCUT2D eigenvalue weighted by molar-refractivity contribution is -0.117. The summed E-state index contributed by atoms with van der Waals surface area (Å²) in [5.41, 5.74) is 3.56. The molecule has 33 heavy (non-hydrogen) atoms. The van der Waals surface area contributed by atoms with Crippen LogP contribution in [0.3, 0.4) is 0 Å². The molecule has 1 aromatic heterocycles. The van der Waals surface area contributed by atoms with Crippen LogP contribution in [0, 0.1) is 6.92 Å². The minimum absolute atomic E-state index is 0.156. The number of methoxy groups -OCH3 is 1. The van der Waals surface area contributed by atoms with E-state index in [0.29, 0.717) is 28.6 Å². The van der Waals surface area contributed by atoms with Gasteiger partial charge in [0, 0.05) is 11.1 Å². The Morgan fingerprint density at radius 1 is 1.09 bits per heavy atom. The van der Waals surface area contributed by atoms with Crippen molar-refractivity contribution in [1.29, 1.82) is 0 Å². The second kappa shape index (κ2) is 9.53. The van der Waals surface area contributed by atoms with Gasteiger partial charge >= 0.3 is 5.63 Å². The van der Waals surface area contributed by atoms with Crippen molar-refractivity contribution in [1.82, 2.24) is 5.16 Å². The summed E-state index contributed by atoms with van der Waals surface area (Å²) in [4.78, 5) is 25.4. The van der Waals surface area contributed by atoms with Crippen LogP contribution < -0.4 is 15.7 Å². The maximum Gasteiger partial charge on any atom is 0.366 e. The third-order valence-corrected chi connectivity index (χ3v) is 5.60. The van der Waals surface area contributed by atoms with Crippen LogP contribution in [0.15, 0.2) is 82.6 Å². The lowest BCUT2D eigenvalue weighted by Gasteiger charge is -2.18. The maximum absolute atomic E-state index is 13.4. The summed E-state index contributed by atoms with van der Waals surface area (Å²) in [5.74, 6) is 0.148. The van der Waals surface area contributed by atoms with Gasteiger partial charge in [0.05, 0.1) is 18.4 Å². The Labute approximate surface area is 191 Å². The Bertz CT molecular complexity index is 1360. The van der Waals surface area contributed by atoms with E-state index in [-0.39, 0.29) is 5.91 Å². The van der Waals surface area contributed by atoms with Gasteiger partial charge in [0.15, 0.2) is 0 Å². The van der Waals surface area contributed by atoms with Crippen LogP contribution in [0.2, 0.25) is 0 Å². The summed E-state index contributed by atoms with van der Waals surface area (Å²) in [7, 11) is 1.61. The molecule has 1 atom stereocenters. The highest BCUT2D eigenvalue weighted by Crippen LogP contribution is 2.27. The van der Waals surface area contributed by atoms with E-state index in [1.165, 1.54) is 6.08 Å². The van der Waals surface area contributed by atoms with E-state index in [1.54, 1.807) is 25.3 Å². The van der Waals surface area contributed by atoms with E-state index in [1.807, 2.05) is 55.5 Å².